The lowest BCUT2D eigenvalue weighted by Crippen LogP contribution is -2.37. The van der Waals surface area contributed by atoms with Crippen LogP contribution in [0.4, 0.5) is 0 Å². The maximum absolute atomic E-state index is 12.4. The average molecular weight is 287 g/mol. The molecule has 7 nitrogen and oxygen atoms in total. The summed E-state index contributed by atoms with van der Waals surface area (Å²) in [6.07, 6.45) is 3.73. The van der Waals surface area contributed by atoms with E-state index in [-0.39, 0.29) is 18.1 Å². The lowest BCUT2D eigenvalue weighted by molar-refractivity contribution is 0.0791. The molecule has 0 bridgehead atoms. The zero-order chi connectivity index (χ0) is 14.8. The zero-order valence-electron chi connectivity index (χ0n) is 12.0. The lowest BCUT2D eigenvalue weighted by atomic mass is 10.1. The molecule has 0 saturated carbocycles. The van der Waals surface area contributed by atoms with E-state index in [2.05, 4.69) is 25.5 Å². The Bertz CT molecular complexity index is 654. The van der Waals surface area contributed by atoms with Crippen LogP contribution in [0.2, 0.25) is 0 Å². The van der Waals surface area contributed by atoms with Crippen LogP contribution >= 0.6 is 0 Å². The summed E-state index contributed by atoms with van der Waals surface area (Å²) in [5.74, 6) is 1.19. The van der Waals surface area contributed by atoms with Gasteiger partial charge >= 0.3 is 0 Å². The predicted octanol–water partition coefficient (Wildman–Crippen LogP) is 1.08. The fourth-order valence-electron chi connectivity index (χ4n) is 2.45. The maximum atomic E-state index is 12.4. The summed E-state index contributed by atoms with van der Waals surface area (Å²) in [6.45, 7) is 4.28. The highest BCUT2D eigenvalue weighted by atomic mass is 16.5. The second-order valence-corrected chi connectivity index (χ2v) is 5.13. The van der Waals surface area contributed by atoms with Crippen LogP contribution in [-0.4, -0.2) is 38.7 Å². The van der Waals surface area contributed by atoms with E-state index in [1.807, 2.05) is 13.8 Å². The largest absolute Gasteiger partial charge is 0.368 e. The van der Waals surface area contributed by atoms with Crippen molar-refractivity contribution in [1.82, 2.24) is 25.5 Å². The Morgan fingerprint density at radius 3 is 3.05 bits per heavy atom. The molecule has 2 aromatic heterocycles. The molecule has 0 radical (unpaired) electrons. The van der Waals surface area contributed by atoms with E-state index in [0.29, 0.717) is 18.0 Å². The molecule has 1 saturated heterocycles. The predicted molar refractivity (Wildman–Crippen MR) is 74.7 cm³/mol. The fourth-order valence-corrected chi connectivity index (χ4v) is 2.45. The Balaban J connectivity index is 1.75. The van der Waals surface area contributed by atoms with E-state index < -0.39 is 0 Å². The molecule has 3 heterocycles. The number of aromatic nitrogens is 4. The standard InChI is InChI=1S/C14H17N5O2/c1-8-7-15-5-3-10(8)14(20)17-11-4-6-21-12(11)13-16-9(2)18-19-13/h3,5,7,11-12H,4,6H2,1-2H3,(H,17,20)(H,16,18,19)/t11-,12+/m0/s1. The van der Waals surface area contributed by atoms with Gasteiger partial charge in [0.25, 0.3) is 5.91 Å². The van der Waals surface area contributed by atoms with Crippen LogP contribution in [0.3, 0.4) is 0 Å². The van der Waals surface area contributed by atoms with Gasteiger partial charge in [-0.1, -0.05) is 0 Å². The maximum Gasteiger partial charge on any atom is 0.251 e. The summed E-state index contributed by atoms with van der Waals surface area (Å²) in [5, 5.41) is 9.93. The van der Waals surface area contributed by atoms with E-state index in [9.17, 15) is 4.79 Å². The molecular weight excluding hydrogens is 270 g/mol. The fraction of sp³-hybridized carbons (Fsp3) is 0.429. The van der Waals surface area contributed by atoms with Crippen molar-refractivity contribution >= 4 is 5.91 Å². The summed E-state index contributed by atoms with van der Waals surface area (Å²) in [4.78, 5) is 20.6. The van der Waals surface area contributed by atoms with Gasteiger partial charge in [0.15, 0.2) is 5.82 Å². The van der Waals surface area contributed by atoms with Crippen LogP contribution < -0.4 is 5.32 Å². The minimum absolute atomic E-state index is 0.123. The van der Waals surface area contributed by atoms with E-state index in [1.165, 1.54) is 0 Å². The highest BCUT2D eigenvalue weighted by Crippen LogP contribution is 2.27. The van der Waals surface area contributed by atoms with Crippen molar-refractivity contribution in [1.29, 1.82) is 0 Å². The molecule has 2 atom stereocenters. The van der Waals surface area contributed by atoms with Gasteiger partial charge in [-0.3, -0.25) is 14.9 Å². The minimum atomic E-state index is -0.305. The number of ether oxygens (including phenoxy) is 1. The van der Waals surface area contributed by atoms with Gasteiger partial charge in [-0.15, -0.1) is 0 Å². The molecule has 3 rings (SSSR count). The van der Waals surface area contributed by atoms with Crippen molar-refractivity contribution in [3.63, 3.8) is 0 Å². The molecule has 110 valence electrons. The van der Waals surface area contributed by atoms with Crippen LogP contribution in [0.25, 0.3) is 0 Å². The first kappa shape index (κ1) is 13.7. The molecule has 0 spiro atoms. The third-order valence-corrected chi connectivity index (χ3v) is 3.54. The molecule has 1 amide bonds. The summed E-state index contributed by atoms with van der Waals surface area (Å²) < 4.78 is 5.66. The van der Waals surface area contributed by atoms with Gasteiger partial charge in [-0.2, -0.15) is 5.10 Å². The van der Waals surface area contributed by atoms with E-state index in [4.69, 9.17) is 4.74 Å². The lowest BCUT2D eigenvalue weighted by Gasteiger charge is -2.18. The number of aromatic amines is 1. The normalized spacial score (nSPS) is 21.4. The first-order chi connectivity index (χ1) is 10.1. The van der Waals surface area contributed by atoms with E-state index in [1.54, 1.807) is 18.5 Å². The molecule has 0 aliphatic carbocycles. The summed E-state index contributed by atoms with van der Waals surface area (Å²) in [5.41, 5.74) is 1.47. The first-order valence-corrected chi connectivity index (χ1v) is 6.87. The molecule has 7 heteroatoms. The van der Waals surface area contributed by atoms with Gasteiger partial charge in [-0.25, -0.2) is 4.98 Å². The van der Waals surface area contributed by atoms with Crippen LogP contribution in [0.5, 0.6) is 0 Å². The first-order valence-electron chi connectivity index (χ1n) is 6.87. The highest BCUT2D eigenvalue weighted by molar-refractivity contribution is 5.95. The van der Waals surface area contributed by atoms with Gasteiger partial charge in [0.2, 0.25) is 0 Å². The van der Waals surface area contributed by atoms with Crippen molar-refractivity contribution < 1.29 is 9.53 Å². The quantitative estimate of drug-likeness (QED) is 0.881. The number of rotatable bonds is 3. The van der Waals surface area contributed by atoms with Gasteiger partial charge in [0.1, 0.15) is 11.9 Å². The van der Waals surface area contributed by atoms with E-state index >= 15 is 0 Å². The molecule has 21 heavy (non-hydrogen) atoms. The number of pyridine rings is 1. The number of amides is 1. The second-order valence-electron chi connectivity index (χ2n) is 5.13. The van der Waals surface area contributed by atoms with E-state index in [0.717, 1.165) is 17.8 Å². The third-order valence-electron chi connectivity index (χ3n) is 3.54. The molecule has 2 N–H and O–H groups in total. The smallest absolute Gasteiger partial charge is 0.251 e. The van der Waals surface area contributed by atoms with Crippen molar-refractivity contribution in [2.45, 2.75) is 32.4 Å². The molecule has 2 aromatic rings. The molecule has 0 aromatic carbocycles. The number of hydrogen-bond acceptors (Lipinski definition) is 5. The Labute approximate surface area is 122 Å². The number of nitrogens with zero attached hydrogens (tertiary/aromatic N) is 3. The van der Waals surface area contributed by atoms with Crippen molar-refractivity contribution in [3.8, 4) is 0 Å². The van der Waals surface area contributed by atoms with Crippen molar-refractivity contribution in [3.05, 3.63) is 41.2 Å². The number of H-pyrrole nitrogens is 1. The summed E-state index contributed by atoms with van der Waals surface area (Å²) >= 11 is 0. The SMILES string of the molecule is Cc1nc([C@@H]2OCC[C@@H]2NC(=O)c2ccncc2C)n[nH]1. The van der Waals surface area contributed by atoms with Crippen molar-refractivity contribution in [2.24, 2.45) is 0 Å². The Morgan fingerprint density at radius 2 is 2.33 bits per heavy atom. The highest BCUT2D eigenvalue weighted by Gasteiger charge is 2.34. The monoisotopic (exact) mass is 287 g/mol. The van der Waals surface area contributed by atoms with Gasteiger partial charge in [0, 0.05) is 24.6 Å². The van der Waals surface area contributed by atoms with Crippen molar-refractivity contribution in [2.75, 3.05) is 6.61 Å². The minimum Gasteiger partial charge on any atom is -0.368 e. The molecule has 1 aliphatic rings. The number of hydrogen-bond donors (Lipinski definition) is 2. The van der Waals surface area contributed by atoms with Crippen LogP contribution in [0.1, 0.15) is 40.1 Å². The zero-order valence-corrected chi connectivity index (χ0v) is 12.0. The second kappa shape index (κ2) is 5.61. The third kappa shape index (κ3) is 2.78. The Hall–Kier alpha value is -2.28. The molecule has 1 fully saturated rings. The summed E-state index contributed by atoms with van der Waals surface area (Å²) in [6, 6.07) is 1.59. The topological polar surface area (TPSA) is 92.8 Å². The number of carbonyl (C=O) groups is 1. The summed E-state index contributed by atoms with van der Waals surface area (Å²) in [7, 11) is 0. The van der Waals surface area contributed by atoms with Crippen LogP contribution in [-0.2, 0) is 4.74 Å². The van der Waals surface area contributed by atoms with Gasteiger partial charge in [-0.05, 0) is 31.9 Å². The molecule has 1 aliphatic heterocycles. The number of carbonyl (C=O) groups excluding carboxylic acids is 1. The Kier molecular flexibility index (Phi) is 3.66. The average Bonchev–Trinajstić information content (AvgIpc) is 3.08. The van der Waals surface area contributed by atoms with Crippen LogP contribution in [0.15, 0.2) is 18.5 Å². The number of aryl methyl sites for hydroxylation is 2. The van der Waals surface area contributed by atoms with Gasteiger partial charge < -0.3 is 10.1 Å². The number of nitrogens with one attached hydrogen (secondary N) is 2. The molecule has 0 unspecified atom stereocenters. The molecular formula is C14H17N5O2. The van der Waals surface area contributed by atoms with Crippen LogP contribution in [0, 0.1) is 13.8 Å². The van der Waals surface area contributed by atoms with Gasteiger partial charge in [0.05, 0.1) is 6.04 Å². The Morgan fingerprint density at radius 1 is 1.48 bits per heavy atom.